The maximum Gasteiger partial charge on any atom is 0.307 e. The Morgan fingerprint density at radius 3 is 2.62 bits per heavy atom. The van der Waals surface area contributed by atoms with Crippen molar-refractivity contribution < 1.29 is 14.3 Å². The van der Waals surface area contributed by atoms with Crippen LogP contribution in [0.15, 0.2) is 36.4 Å². The topological polar surface area (TPSA) is 59.3 Å². The summed E-state index contributed by atoms with van der Waals surface area (Å²) in [6.45, 7) is 1.89. The number of benzene rings is 2. The highest BCUT2D eigenvalue weighted by atomic mass is 16.5. The lowest BCUT2D eigenvalue weighted by molar-refractivity contribution is -0.146. The Hall–Kier alpha value is -2.54. The van der Waals surface area contributed by atoms with Gasteiger partial charge < -0.3 is 9.47 Å². The van der Waals surface area contributed by atoms with E-state index >= 15 is 0 Å². The molecular weight excluding hydrogens is 266 g/mol. The van der Waals surface area contributed by atoms with Crippen molar-refractivity contribution in [3.8, 4) is 11.8 Å². The number of hydrogen-bond donors (Lipinski definition) is 0. The van der Waals surface area contributed by atoms with Gasteiger partial charge in [-0.1, -0.05) is 25.1 Å². The highest BCUT2D eigenvalue weighted by molar-refractivity contribution is 5.84. The zero-order chi connectivity index (χ0) is 15.2. The van der Waals surface area contributed by atoms with Crippen molar-refractivity contribution in [2.24, 2.45) is 0 Å². The molecule has 21 heavy (non-hydrogen) atoms. The fourth-order valence-electron chi connectivity index (χ4n) is 2.10. The lowest BCUT2D eigenvalue weighted by Gasteiger charge is -2.12. The maximum absolute atomic E-state index is 11.5. The van der Waals surface area contributed by atoms with Gasteiger partial charge in [-0.3, -0.25) is 4.79 Å². The Kier molecular flexibility index (Phi) is 4.78. The molecule has 0 aromatic heterocycles. The van der Waals surface area contributed by atoms with E-state index in [1.807, 2.05) is 43.3 Å². The van der Waals surface area contributed by atoms with Gasteiger partial charge in [0.2, 0.25) is 6.10 Å². The van der Waals surface area contributed by atoms with Crippen LogP contribution in [0.25, 0.3) is 10.8 Å². The van der Waals surface area contributed by atoms with E-state index < -0.39 is 6.10 Å². The molecule has 0 aliphatic heterocycles. The molecular formula is C17H17NO3. The van der Waals surface area contributed by atoms with E-state index in [0.717, 1.165) is 16.5 Å². The summed E-state index contributed by atoms with van der Waals surface area (Å²) in [6.07, 6.45) is 0.160. The van der Waals surface area contributed by atoms with E-state index in [1.54, 1.807) is 13.2 Å². The Bertz CT molecular complexity index is 688. The molecule has 0 aliphatic rings. The predicted octanol–water partition coefficient (Wildman–Crippen LogP) is 3.76. The van der Waals surface area contributed by atoms with Gasteiger partial charge in [0.25, 0.3) is 0 Å². The van der Waals surface area contributed by atoms with Crippen LogP contribution in [0.4, 0.5) is 0 Å². The van der Waals surface area contributed by atoms with Crippen LogP contribution in [0.3, 0.4) is 0 Å². The van der Waals surface area contributed by atoms with Gasteiger partial charge in [0.15, 0.2) is 0 Å². The second-order valence-electron chi connectivity index (χ2n) is 4.72. The maximum atomic E-state index is 11.5. The van der Waals surface area contributed by atoms with Gasteiger partial charge in [0.05, 0.1) is 7.11 Å². The molecule has 0 spiro atoms. The summed E-state index contributed by atoms with van der Waals surface area (Å²) in [5.74, 6) is 0.431. The largest absolute Gasteiger partial charge is 0.497 e. The van der Waals surface area contributed by atoms with Gasteiger partial charge in [-0.15, -0.1) is 0 Å². The van der Waals surface area contributed by atoms with Crippen LogP contribution in [0.1, 0.15) is 31.4 Å². The molecule has 0 saturated heterocycles. The summed E-state index contributed by atoms with van der Waals surface area (Å²) in [5.41, 5.74) is 0.680. The number of nitrogens with zero attached hydrogens (tertiary/aromatic N) is 1. The first-order valence-electron chi connectivity index (χ1n) is 6.84. The Morgan fingerprint density at radius 2 is 1.95 bits per heavy atom. The van der Waals surface area contributed by atoms with E-state index in [0.29, 0.717) is 18.4 Å². The van der Waals surface area contributed by atoms with Crippen LogP contribution in [-0.4, -0.2) is 13.1 Å². The number of fused-ring (bicyclic) bond motifs is 1. The molecule has 0 bridgehead atoms. The molecule has 0 amide bonds. The summed E-state index contributed by atoms with van der Waals surface area (Å²) in [5, 5.41) is 11.2. The van der Waals surface area contributed by atoms with E-state index in [-0.39, 0.29) is 5.97 Å². The molecule has 0 heterocycles. The number of rotatable bonds is 5. The lowest BCUT2D eigenvalue weighted by Crippen LogP contribution is -2.09. The van der Waals surface area contributed by atoms with Gasteiger partial charge in [-0.25, -0.2) is 0 Å². The zero-order valence-electron chi connectivity index (χ0n) is 12.1. The summed E-state index contributed by atoms with van der Waals surface area (Å²) in [6, 6.07) is 13.3. The number of carbonyl (C=O) groups excluding carboxylic acids is 1. The number of nitriles is 1. The van der Waals surface area contributed by atoms with E-state index in [9.17, 15) is 10.1 Å². The molecule has 2 aromatic carbocycles. The van der Waals surface area contributed by atoms with Crippen molar-refractivity contribution in [2.45, 2.75) is 25.9 Å². The Morgan fingerprint density at radius 1 is 1.24 bits per heavy atom. The van der Waals surface area contributed by atoms with Crippen LogP contribution in [0.2, 0.25) is 0 Å². The van der Waals surface area contributed by atoms with Crippen LogP contribution in [-0.2, 0) is 9.53 Å². The quantitative estimate of drug-likeness (QED) is 0.784. The van der Waals surface area contributed by atoms with E-state index in [1.165, 1.54) is 0 Å². The summed E-state index contributed by atoms with van der Waals surface area (Å²) in [7, 11) is 1.62. The highest BCUT2D eigenvalue weighted by Gasteiger charge is 2.15. The molecule has 0 aliphatic carbocycles. The smallest absolute Gasteiger partial charge is 0.307 e. The van der Waals surface area contributed by atoms with Crippen LogP contribution in [0, 0.1) is 11.3 Å². The fraction of sp³-hybridized carbons (Fsp3) is 0.294. The number of carbonyl (C=O) groups is 1. The molecule has 0 fully saturated rings. The molecule has 0 saturated carbocycles. The van der Waals surface area contributed by atoms with Gasteiger partial charge >= 0.3 is 5.97 Å². The average molecular weight is 283 g/mol. The molecule has 2 aromatic rings. The third-order valence-electron chi connectivity index (χ3n) is 3.19. The van der Waals surface area contributed by atoms with Crippen LogP contribution in [0.5, 0.6) is 5.75 Å². The first-order valence-corrected chi connectivity index (χ1v) is 6.84. The number of hydrogen-bond acceptors (Lipinski definition) is 4. The minimum Gasteiger partial charge on any atom is -0.497 e. The summed E-state index contributed by atoms with van der Waals surface area (Å²) in [4.78, 5) is 11.5. The van der Waals surface area contributed by atoms with Crippen LogP contribution < -0.4 is 4.74 Å². The SMILES string of the molecule is CCCC(=O)O[C@@H](C#N)c1ccc2cc(OC)ccc2c1. The first-order chi connectivity index (χ1) is 10.2. The van der Waals surface area contributed by atoms with E-state index in [2.05, 4.69) is 0 Å². The first kappa shape index (κ1) is 14.9. The normalized spacial score (nSPS) is 11.7. The lowest BCUT2D eigenvalue weighted by atomic mass is 10.0. The molecule has 2 rings (SSSR count). The zero-order valence-corrected chi connectivity index (χ0v) is 12.1. The third kappa shape index (κ3) is 3.51. The number of methoxy groups -OCH3 is 1. The molecule has 0 unspecified atom stereocenters. The number of esters is 1. The molecule has 0 N–H and O–H groups in total. The molecule has 4 heteroatoms. The standard InChI is InChI=1S/C17H17NO3/c1-3-4-17(19)21-16(11-18)14-6-5-13-10-15(20-2)8-7-12(13)9-14/h5-10,16H,3-4H2,1-2H3/t16-/m0/s1. The highest BCUT2D eigenvalue weighted by Crippen LogP contribution is 2.25. The van der Waals surface area contributed by atoms with E-state index in [4.69, 9.17) is 9.47 Å². The molecule has 0 radical (unpaired) electrons. The predicted molar refractivity (Wildman–Crippen MR) is 79.9 cm³/mol. The Labute approximate surface area is 123 Å². The van der Waals surface area contributed by atoms with Crippen molar-refractivity contribution >= 4 is 16.7 Å². The minimum absolute atomic E-state index is 0.322. The van der Waals surface area contributed by atoms with Gasteiger partial charge in [0, 0.05) is 12.0 Å². The number of ether oxygens (including phenoxy) is 2. The fourth-order valence-corrected chi connectivity index (χ4v) is 2.10. The Balaban J connectivity index is 2.28. The van der Waals surface area contributed by atoms with Crippen molar-refractivity contribution in [1.29, 1.82) is 5.26 Å². The third-order valence-corrected chi connectivity index (χ3v) is 3.19. The van der Waals surface area contributed by atoms with Crippen molar-refractivity contribution in [2.75, 3.05) is 7.11 Å². The summed E-state index contributed by atoms with van der Waals surface area (Å²) >= 11 is 0. The van der Waals surface area contributed by atoms with Gasteiger partial charge in [-0.05, 0) is 35.4 Å². The van der Waals surface area contributed by atoms with Crippen molar-refractivity contribution in [1.82, 2.24) is 0 Å². The molecule has 1 atom stereocenters. The molecule has 4 nitrogen and oxygen atoms in total. The van der Waals surface area contributed by atoms with Crippen molar-refractivity contribution in [3.63, 3.8) is 0 Å². The van der Waals surface area contributed by atoms with Gasteiger partial charge in [0.1, 0.15) is 11.8 Å². The second-order valence-corrected chi connectivity index (χ2v) is 4.72. The minimum atomic E-state index is -0.865. The summed E-state index contributed by atoms with van der Waals surface area (Å²) < 4.78 is 10.4. The average Bonchev–Trinajstić information content (AvgIpc) is 2.51. The monoisotopic (exact) mass is 283 g/mol. The van der Waals surface area contributed by atoms with Crippen LogP contribution >= 0.6 is 0 Å². The van der Waals surface area contributed by atoms with Crippen molar-refractivity contribution in [3.05, 3.63) is 42.0 Å². The second kappa shape index (κ2) is 6.76. The molecule has 108 valence electrons. The van der Waals surface area contributed by atoms with Gasteiger partial charge in [-0.2, -0.15) is 5.26 Å².